The first-order chi connectivity index (χ1) is 5.33. The van der Waals surface area contributed by atoms with Crippen molar-refractivity contribution in [1.82, 2.24) is 10.2 Å². The summed E-state index contributed by atoms with van der Waals surface area (Å²) < 4.78 is 5.41. The maximum Gasteiger partial charge on any atom is 0.207 e. The summed E-state index contributed by atoms with van der Waals surface area (Å²) in [6, 6.07) is 0. The highest BCUT2D eigenvalue weighted by molar-refractivity contribution is 7.15. The molecule has 1 rings (SSSR count). The Morgan fingerprint density at radius 3 is 2.91 bits per heavy atom. The number of methoxy groups -OCH3 is 1. The molecule has 5 heteroatoms. The molecule has 0 unspecified atom stereocenters. The van der Waals surface area contributed by atoms with Gasteiger partial charge in [0.15, 0.2) is 0 Å². The Kier molecular flexibility index (Phi) is 3.76. The number of nitrogens with zero attached hydrogens (tertiary/aromatic N) is 2. The maximum absolute atomic E-state index is 5.59. The Morgan fingerprint density at radius 1 is 1.55 bits per heavy atom. The van der Waals surface area contributed by atoms with E-state index in [9.17, 15) is 0 Å². The van der Waals surface area contributed by atoms with Crippen molar-refractivity contribution in [3.05, 3.63) is 9.47 Å². The van der Waals surface area contributed by atoms with E-state index < -0.39 is 0 Å². The van der Waals surface area contributed by atoms with Gasteiger partial charge in [-0.2, -0.15) is 0 Å². The van der Waals surface area contributed by atoms with Crippen molar-refractivity contribution in [1.29, 1.82) is 0 Å². The van der Waals surface area contributed by atoms with Gasteiger partial charge in [-0.3, -0.25) is 0 Å². The second kappa shape index (κ2) is 4.64. The van der Waals surface area contributed by atoms with Crippen LogP contribution in [0.5, 0.6) is 0 Å². The first-order valence-corrected chi connectivity index (χ1v) is 4.49. The van der Waals surface area contributed by atoms with E-state index in [0.29, 0.717) is 4.47 Å². The largest absolute Gasteiger partial charge is 0.385 e. The molecule has 1 aromatic rings. The molecular weight excluding hydrogens is 184 g/mol. The van der Waals surface area contributed by atoms with Gasteiger partial charge in [-0.15, -0.1) is 10.2 Å². The monoisotopic (exact) mass is 192 g/mol. The lowest BCUT2D eigenvalue weighted by Gasteiger charge is -1.93. The SMILES string of the molecule is COCCCc1nnc(Cl)s1. The van der Waals surface area contributed by atoms with Crippen molar-refractivity contribution in [3.63, 3.8) is 0 Å². The Balaban J connectivity index is 2.27. The quantitative estimate of drug-likeness (QED) is 0.683. The fourth-order valence-electron chi connectivity index (χ4n) is 0.702. The summed E-state index contributed by atoms with van der Waals surface area (Å²) in [5, 5.41) is 8.54. The first-order valence-electron chi connectivity index (χ1n) is 3.29. The van der Waals surface area contributed by atoms with Gasteiger partial charge < -0.3 is 4.74 Å². The molecule has 11 heavy (non-hydrogen) atoms. The van der Waals surface area contributed by atoms with Gasteiger partial charge >= 0.3 is 0 Å². The predicted molar refractivity (Wildman–Crippen MR) is 45.1 cm³/mol. The van der Waals surface area contributed by atoms with E-state index in [1.807, 2.05) is 0 Å². The lowest BCUT2D eigenvalue weighted by Crippen LogP contribution is -1.91. The summed E-state index contributed by atoms with van der Waals surface area (Å²) in [6.07, 6.45) is 1.88. The van der Waals surface area contributed by atoms with E-state index >= 15 is 0 Å². The minimum atomic E-state index is 0.511. The van der Waals surface area contributed by atoms with Crippen molar-refractivity contribution in [2.45, 2.75) is 12.8 Å². The molecule has 0 amide bonds. The van der Waals surface area contributed by atoms with Crippen molar-refractivity contribution >= 4 is 22.9 Å². The smallest absolute Gasteiger partial charge is 0.207 e. The van der Waals surface area contributed by atoms with Gasteiger partial charge in [-0.05, 0) is 18.0 Å². The molecule has 1 heterocycles. The lowest BCUT2D eigenvalue weighted by atomic mass is 10.3. The number of hydrogen-bond donors (Lipinski definition) is 0. The molecule has 0 radical (unpaired) electrons. The van der Waals surface area contributed by atoms with Crippen molar-refractivity contribution in [2.75, 3.05) is 13.7 Å². The van der Waals surface area contributed by atoms with Gasteiger partial charge in [0.05, 0.1) is 0 Å². The number of aryl methyl sites for hydroxylation is 1. The number of ether oxygens (including phenoxy) is 1. The molecule has 0 aliphatic rings. The second-order valence-corrected chi connectivity index (χ2v) is 3.69. The van der Waals surface area contributed by atoms with Crippen LogP contribution in [0.15, 0.2) is 0 Å². The predicted octanol–water partition coefficient (Wildman–Crippen LogP) is 1.77. The summed E-state index contributed by atoms with van der Waals surface area (Å²) in [6.45, 7) is 0.761. The first kappa shape index (κ1) is 8.90. The summed E-state index contributed by atoms with van der Waals surface area (Å²) in [4.78, 5) is 0. The molecule has 62 valence electrons. The maximum atomic E-state index is 5.59. The molecule has 0 spiro atoms. The van der Waals surface area contributed by atoms with Gasteiger partial charge in [-0.1, -0.05) is 11.3 Å². The molecule has 3 nitrogen and oxygen atoms in total. The second-order valence-electron chi connectivity index (χ2n) is 2.05. The molecule has 0 atom stereocenters. The molecule has 0 aromatic carbocycles. The van der Waals surface area contributed by atoms with Crippen LogP contribution in [0.3, 0.4) is 0 Å². The molecule has 0 bridgehead atoms. The minimum Gasteiger partial charge on any atom is -0.385 e. The zero-order valence-electron chi connectivity index (χ0n) is 6.21. The van der Waals surface area contributed by atoms with Gasteiger partial charge in [0.25, 0.3) is 0 Å². The Morgan fingerprint density at radius 2 is 2.36 bits per heavy atom. The van der Waals surface area contributed by atoms with Crippen LogP contribution in [0.4, 0.5) is 0 Å². The van der Waals surface area contributed by atoms with E-state index in [-0.39, 0.29) is 0 Å². The lowest BCUT2D eigenvalue weighted by molar-refractivity contribution is 0.195. The third kappa shape index (κ3) is 3.14. The van der Waals surface area contributed by atoms with E-state index in [4.69, 9.17) is 16.3 Å². The highest BCUT2D eigenvalue weighted by Crippen LogP contribution is 2.15. The van der Waals surface area contributed by atoms with E-state index in [1.165, 1.54) is 11.3 Å². The number of rotatable bonds is 4. The van der Waals surface area contributed by atoms with Gasteiger partial charge in [-0.25, -0.2) is 0 Å². The normalized spacial score (nSPS) is 10.4. The minimum absolute atomic E-state index is 0.511. The standard InChI is InChI=1S/C6H9ClN2OS/c1-10-4-2-3-5-8-9-6(7)11-5/h2-4H2,1H3. The topological polar surface area (TPSA) is 35.0 Å². The molecule has 0 aliphatic heterocycles. The van der Waals surface area contributed by atoms with Crippen LogP contribution in [0.25, 0.3) is 0 Å². The molecular formula is C6H9ClN2OS. The number of aromatic nitrogens is 2. The average molecular weight is 193 g/mol. The summed E-state index contributed by atoms with van der Waals surface area (Å²) in [5.74, 6) is 0. The zero-order chi connectivity index (χ0) is 8.10. The van der Waals surface area contributed by atoms with E-state index in [2.05, 4.69) is 10.2 Å². The van der Waals surface area contributed by atoms with Crippen LogP contribution in [-0.2, 0) is 11.2 Å². The Bertz CT molecular complexity index is 216. The van der Waals surface area contributed by atoms with Crippen molar-refractivity contribution < 1.29 is 4.74 Å². The molecule has 0 saturated heterocycles. The fraction of sp³-hybridized carbons (Fsp3) is 0.667. The van der Waals surface area contributed by atoms with Crippen LogP contribution in [0.2, 0.25) is 4.47 Å². The summed E-state index contributed by atoms with van der Waals surface area (Å²) in [5.41, 5.74) is 0. The third-order valence-electron chi connectivity index (χ3n) is 1.18. The summed E-state index contributed by atoms with van der Waals surface area (Å²) in [7, 11) is 1.69. The van der Waals surface area contributed by atoms with E-state index in [1.54, 1.807) is 7.11 Å². The highest BCUT2D eigenvalue weighted by atomic mass is 35.5. The Hall–Kier alpha value is -0.190. The third-order valence-corrected chi connectivity index (χ3v) is 2.26. The van der Waals surface area contributed by atoms with Gasteiger partial charge in [0.1, 0.15) is 5.01 Å². The van der Waals surface area contributed by atoms with Gasteiger partial charge in [0.2, 0.25) is 4.47 Å². The van der Waals surface area contributed by atoms with Crippen LogP contribution >= 0.6 is 22.9 Å². The van der Waals surface area contributed by atoms with Crippen molar-refractivity contribution in [2.24, 2.45) is 0 Å². The summed E-state index contributed by atoms with van der Waals surface area (Å²) >= 11 is 7.01. The molecule has 0 fully saturated rings. The molecule has 0 aliphatic carbocycles. The van der Waals surface area contributed by atoms with Crippen molar-refractivity contribution in [3.8, 4) is 0 Å². The zero-order valence-corrected chi connectivity index (χ0v) is 7.78. The molecule has 1 aromatic heterocycles. The number of halogens is 1. The average Bonchev–Trinajstić information content (AvgIpc) is 2.37. The van der Waals surface area contributed by atoms with Crippen LogP contribution in [0, 0.1) is 0 Å². The molecule has 0 saturated carbocycles. The highest BCUT2D eigenvalue weighted by Gasteiger charge is 1.99. The van der Waals surface area contributed by atoms with Gasteiger partial charge in [0, 0.05) is 20.1 Å². The van der Waals surface area contributed by atoms with E-state index in [0.717, 1.165) is 24.5 Å². The van der Waals surface area contributed by atoms with Crippen LogP contribution < -0.4 is 0 Å². The van der Waals surface area contributed by atoms with Crippen LogP contribution in [-0.4, -0.2) is 23.9 Å². The van der Waals surface area contributed by atoms with Crippen LogP contribution in [0.1, 0.15) is 11.4 Å². The number of hydrogen-bond acceptors (Lipinski definition) is 4. The molecule has 0 N–H and O–H groups in total. The Labute approximate surface area is 74.4 Å². The fourth-order valence-corrected chi connectivity index (χ4v) is 1.61.